The summed E-state index contributed by atoms with van der Waals surface area (Å²) in [5.74, 6) is -2.81. The van der Waals surface area contributed by atoms with Crippen LogP contribution in [0.1, 0.15) is 6.42 Å². The van der Waals surface area contributed by atoms with E-state index in [1.165, 1.54) is 6.07 Å². The van der Waals surface area contributed by atoms with Gasteiger partial charge in [0.05, 0.1) is 13.1 Å². The van der Waals surface area contributed by atoms with Crippen LogP contribution in [0.25, 0.3) is 0 Å². The first kappa shape index (κ1) is 19.8. The third-order valence-corrected chi connectivity index (χ3v) is 4.43. The molecule has 3 rings (SSSR count). The molecule has 0 saturated carbocycles. The molecular weight excluding hydrogens is 366 g/mol. The number of halogens is 2. The van der Waals surface area contributed by atoms with Crippen LogP contribution in [-0.4, -0.2) is 48.9 Å². The average molecular weight is 388 g/mol. The number of rotatable bonds is 7. The van der Waals surface area contributed by atoms with Gasteiger partial charge >= 0.3 is 0 Å². The normalized spacial score (nSPS) is 16.6. The third kappa shape index (κ3) is 5.75. The fourth-order valence-electron chi connectivity index (χ4n) is 3.08. The lowest BCUT2D eigenvalue weighted by atomic mass is 10.2. The lowest BCUT2D eigenvalue weighted by Crippen LogP contribution is -2.40. The SMILES string of the molecule is O=C(CN1CCC(Nc2ccccc2)C1)NCC(=O)Nc1ccc(F)c(F)c1. The van der Waals surface area contributed by atoms with Gasteiger partial charge in [0.15, 0.2) is 11.6 Å². The Kier molecular flexibility index (Phi) is 6.54. The van der Waals surface area contributed by atoms with E-state index in [0.29, 0.717) is 0 Å². The minimum absolute atomic E-state index is 0.132. The second-order valence-electron chi connectivity index (χ2n) is 6.68. The molecule has 1 aliphatic rings. The Labute approximate surface area is 161 Å². The third-order valence-electron chi connectivity index (χ3n) is 4.43. The number of nitrogens with zero attached hydrogens (tertiary/aromatic N) is 1. The van der Waals surface area contributed by atoms with Crippen LogP contribution >= 0.6 is 0 Å². The van der Waals surface area contributed by atoms with Crippen LogP contribution in [0, 0.1) is 11.6 Å². The fourth-order valence-corrected chi connectivity index (χ4v) is 3.08. The summed E-state index contributed by atoms with van der Waals surface area (Å²) >= 11 is 0. The van der Waals surface area contributed by atoms with E-state index in [1.807, 2.05) is 35.2 Å². The van der Waals surface area contributed by atoms with Gasteiger partial charge in [-0.2, -0.15) is 0 Å². The molecule has 28 heavy (non-hydrogen) atoms. The van der Waals surface area contributed by atoms with E-state index in [0.717, 1.165) is 37.3 Å². The van der Waals surface area contributed by atoms with Crippen LogP contribution in [0.5, 0.6) is 0 Å². The van der Waals surface area contributed by atoms with Gasteiger partial charge in [-0.25, -0.2) is 8.78 Å². The van der Waals surface area contributed by atoms with Crippen LogP contribution < -0.4 is 16.0 Å². The maximum absolute atomic E-state index is 13.1. The van der Waals surface area contributed by atoms with Crippen molar-refractivity contribution in [1.82, 2.24) is 10.2 Å². The Morgan fingerprint density at radius 3 is 2.54 bits per heavy atom. The highest BCUT2D eigenvalue weighted by Crippen LogP contribution is 2.15. The summed E-state index contributed by atoms with van der Waals surface area (Å²) < 4.78 is 26.0. The number of carbonyl (C=O) groups excluding carboxylic acids is 2. The largest absolute Gasteiger partial charge is 0.381 e. The minimum Gasteiger partial charge on any atom is -0.381 e. The van der Waals surface area contributed by atoms with Crippen molar-refractivity contribution in [3.05, 3.63) is 60.2 Å². The highest BCUT2D eigenvalue weighted by Gasteiger charge is 2.24. The number of likely N-dealkylation sites (tertiary alicyclic amines) is 1. The minimum atomic E-state index is -1.05. The summed E-state index contributed by atoms with van der Waals surface area (Å²) in [5, 5.41) is 8.38. The molecule has 1 heterocycles. The predicted octanol–water partition coefficient (Wildman–Crippen LogP) is 2.21. The second-order valence-corrected chi connectivity index (χ2v) is 6.68. The fraction of sp³-hybridized carbons (Fsp3) is 0.300. The van der Waals surface area contributed by atoms with E-state index in [9.17, 15) is 18.4 Å². The van der Waals surface area contributed by atoms with Crippen molar-refractivity contribution < 1.29 is 18.4 Å². The zero-order valence-corrected chi connectivity index (χ0v) is 15.3. The van der Waals surface area contributed by atoms with Crippen molar-refractivity contribution in [3.8, 4) is 0 Å². The molecule has 6 nitrogen and oxygen atoms in total. The van der Waals surface area contributed by atoms with Crippen molar-refractivity contribution in [2.24, 2.45) is 0 Å². The lowest BCUT2D eigenvalue weighted by Gasteiger charge is -2.17. The van der Waals surface area contributed by atoms with E-state index in [1.54, 1.807) is 0 Å². The van der Waals surface area contributed by atoms with E-state index in [4.69, 9.17) is 0 Å². The van der Waals surface area contributed by atoms with Gasteiger partial charge in [0.2, 0.25) is 11.8 Å². The van der Waals surface area contributed by atoms with Crippen molar-refractivity contribution >= 4 is 23.2 Å². The standard InChI is InChI=1S/C20H22F2N4O2/c21-17-7-6-15(10-18(17)22)25-19(27)11-23-20(28)13-26-9-8-16(12-26)24-14-4-2-1-3-5-14/h1-7,10,16,24H,8-9,11-13H2,(H,23,28)(H,25,27). The maximum atomic E-state index is 13.1. The van der Waals surface area contributed by atoms with Gasteiger partial charge in [-0.05, 0) is 30.7 Å². The van der Waals surface area contributed by atoms with Gasteiger partial charge in [0.1, 0.15) is 0 Å². The number of nitrogens with one attached hydrogen (secondary N) is 3. The number of hydrogen-bond acceptors (Lipinski definition) is 4. The quantitative estimate of drug-likeness (QED) is 0.680. The molecule has 0 aliphatic carbocycles. The Bertz CT molecular complexity index is 832. The second kappa shape index (κ2) is 9.27. The molecule has 2 aromatic carbocycles. The Balaban J connectivity index is 1.37. The van der Waals surface area contributed by atoms with Gasteiger partial charge < -0.3 is 16.0 Å². The van der Waals surface area contributed by atoms with Crippen LogP contribution in [0.2, 0.25) is 0 Å². The first-order chi connectivity index (χ1) is 13.5. The van der Waals surface area contributed by atoms with Gasteiger partial charge in [-0.3, -0.25) is 14.5 Å². The molecule has 3 N–H and O–H groups in total. The predicted molar refractivity (Wildman–Crippen MR) is 103 cm³/mol. The van der Waals surface area contributed by atoms with E-state index >= 15 is 0 Å². The summed E-state index contributed by atoms with van der Waals surface area (Å²) in [4.78, 5) is 25.9. The molecule has 0 radical (unpaired) electrons. The lowest BCUT2D eigenvalue weighted by molar-refractivity contribution is -0.124. The number of hydrogen-bond donors (Lipinski definition) is 3. The molecule has 8 heteroatoms. The van der Waals surface area contributed by atoms with Gasteiger partial charge in [-0.1, -0.05) is 18.2 Å². The van der Waals surface area contributed by atoms with Gasteiger partial charge in [0, 0.05) is 36.6 Å². The summed E-state index contributed by atoms with van der Waals surface area (Å²) in [6, 6.07) is 13.2. The highest BCUT2D eigenvalue weighted by molar-refractivity contribution is 5.94. The molecule has 1 saturated heterocycles. The number of para-hydroxylation sites is 1. The Hall–Kier alpha value is -3.00. The highest BCUT2D eigenvalue weighted by atomic mass is 19.2. The van der Waals surface area contributed by atoms with Gasteiger partial charge in [-0.15, -0.1) is 0 Å². The first-order valence-corrected chi connectivity index (χ1v) is 9.05. The molecule has 148 valence electrons. The zero-order valence-electron chi connectivity index (χ0n) is 15.3. The summed E-state index contributed by atoms with van der Waals surface area (Å²) in [7, 11) is 0. The van der Waals surface area contributed by atoms with Gasteiger partial charge in [0.25, 0.3) is 0 Å². The van der Waals surface area contributed by atoms with Crippen molar-refractivity contribution in [1.29, 1.82) is 0 Å². The molecule has 0 spiro atoms. The van der Waals surface area contributed by atoms with Crippen LogP contribution in [0.3, 0.4) is 0 Å². The van der Waals surface area contributed by atoms with Crippen LogP contribution in [0.4, 0.5) is 20.2 Å². The number of benzene rings is 2. The first-order valence-electron chi connectivity index (χ1n) is 9.05. The molecule has 2 aromatic rings. The molecule has 0 aromatic heterocycles. The van der Waals surface area contributed by atoms with E-state index < -0.39 is 17.5 Å². The number of carbonyl (C=O) groups is 2. The van der Waals surface area contributed by atoms with E-state index in [2.05, 4.69) is 16.0 Å². The Morgan fingerprint density at radius 1 is 1.00 bits per heavy atom. The molecule has 1 atom stereocenters. The van der Waals surface area contributed by atoms with Crippen molar-refractivity contribution in [2.75, 3.05) is 36.8 Å². The molecule has 2 amide bonds. The molecule has 0 bridgehead atoms. The van der Waals surface area contributed by atoms with Crippen LogP contribution in [-0.2, 0) is 9.59 Å². The van der Waals surface area contributed by atoms with Crippen molar-refractivity contribution in [2.45, 2.75) is 12.5 Å². The summed E-state index contributed by atoms with van der Waals surface area (Å²) in [5.41, 5.74) is 1.18. The summed E-state index contributed by atoms with van der Waals surface area (Å²) in [6.07, 6.45) is 0.929. The van der Waals surface area contributed by atoms with Crippen LogP contribution in [0.15, 0.2) is 48.5 Å². The van der Waals surface area contributed by atoms with E-state index in [-0.39, 0.29) is 30.7 Å². The number of anilines is 2. The average Bonchev–Trinajstić information content (AvgIpc) is 3.10. The molecule has 1 aliphatic heterocycles. The zero-order chi connectivity index (χ0) is 19.9. The number of amides is 2. The molecule has 1 fully saturated rings. The Morgan fingerprint density at radius 2 is 1.79 bits per heavy atom. The monoisotopic (exact) mass is 388 g/mol. The topological polar surface area (TPSA) is 73.5 Å². The maximum Gasteiger partial charge on any atom is 0.243 e. The molecular formula is C20H22F2N4O2. The molecule has 1 unspecified atom stereocenters. The van der Waals surface area contributed by atoms with Crippen molar-refractivity contribution in [3.63, 3.8) is 0 Å². The summed E-state index contributed by atoms with van der Waals surface area (Å²) in [6.45, 7) is 1.49. The smallest absolute Gasteiger partial charge is 0.243 e.